The zero-order chi connectivity index (χ0) is 9.84. The third-order valence-electron chi connectivity index (χ3n) is 1.66. The Balaban J connectivity index is 3.38. The second-order valence-electron chi connectivity index (χ2n) is 2.38. The van der Waals surface area contributed by atoms with Crippen molar-refractivity contribution >= 4 is 21.9 Å². The molecule has 0 saturated heterocycles. The first-order valence-electron chi connectivity index (χ1n) is 3.52. The number of hydrogen-bond acceptors (Lipinski definition) is 2. The molecule has 0 aromatic heterocycles. The largest absolute Gasteiger partial charge is 0.478 e. The van der Waals surface area contributed by atoms with Crippen molar-refractivity contribution in [3.8, 4) is 6.07 Å². The molecule has 1 rings (SSSR count). The number of halogens is 1. The van der Waals surface area contributed by atoms with Gasteiger partial charge in [-0.25, -0.2) is 4.79 Å². The van der Waals surface area contributed by atoms with Gasteiger partial charge in [0.05, 0.1) is 17.2 Å². The standard InChI is InChI=1S/C9H6BrNO2/c10-4-8-6(5-11)2-1-3-7(8)9(12)13/h1-3H,4H2,(H,12,13). The lowest BCUT2D eigenvalue weighted by Gasteiger charge is -2.03. The number of nitrogens with zero attached hydrogens (tertiary/aromatic N) is 1. The highest BCUT2D eigenvalue weighted by atomic mass is 79.9. The van der Waals surface area contributed by atoms with E-state index in [0.717, 1.165) is 0 Å². The summed E-state index contributed by atoms with van der Waals surface area (Å²) in [6.07, 6.45) is 0. The lowest BCUT2D eigenvalue weighted by molar-refractivity contribution is 0.0696. The predicted octanol–water partition coefficient (Wildman–Crippen LogP) is 2.15. The average molecular weight is 240 g/mol. The van der Waals surface area contributed by atoms with Gasteiger partial charge in [-0.05, 0) is 17.7 Å². The van der Waals surface area contributed by atoms with Gasteiger partial charge in [-0.15, -0.1) is 0 Å². The molecule has 0 aliphatic heterocycles. The van der Waals surface area contributed by atoms with E-state index in [1.807, 2.05) is 6.07 Å². The van der Waals surface area contributed by atoms with Crippen LogP contribution in [0.4, 0.5) is 0 Å². The molecule has 0 radical (unpaired) electrons. The number of nitriles is 1. The summed E-state index contributed by atoms with van der Waals surface area (Å²) in [6.45, 7) is 0. The summed E-state index contributed by atoms with van der Waals surface area (Å²) >= 11 is 3.15. The van der Waals surface area contributed by atoms with E-state index in [-0.39, 0.29) is 5.56 Å². The SMILES string of the molecule is N#Cc1cccc(C(=O)O)c1CBr. The summed E-state index contributed by atoms with van der Waals surface area (Å²) in [7, 11) is 0. The van der Waals surface area contributed by atoms with E-state index in [2.05, 4.69) is 15.9 Å². The Morgan fingerprint density at radius 1 is 1.62 bits per heavy atom. The minimum Gasteiger partial charge on any atom is -0.478 e. The molecular formula is C9H6BrNO2. The van der Waals surface area contributed by atoms with Crippen LogP contribution in [0.2, 0.25) is 0 Å². The molecule has 3 nitrogen and oxygen atoms in total. The summed E-state index contributed by atoms with van der Waals surface area (Å²) in [4.78, 5) is 10.7. The number of benzene rings is 1. The number of alkyl halides is 1. The van der Waals surface area contributed by atoms with Crippen LogP contribution in [0, 0.1) is 11.3 Å². The Hall–Kier alpha value is -1.34. The third kappa shape index (κ3) is 1.87. The number of hydrogen-bond donors (Lipinski definition) is 1. The van der Waals surface area contributed by atoms with Crippen molar-refractivity contribution in [3.05, 3.63) is 34.9 Å². The molecular weight excluding hydrogens is 234 g/mol. The predicted molar refractivity (Wildman–Crippen MR) is 50.7 cm³/mol. The maximum Gasteiger partial charge on any atom is 0.336 e. The van der Waals surface area contributed by atoms with E-state index in [0.29, 0.717) is 16.5 Å². The van der Waals surface area contributed by atoms with Crippen molar-refractivity contribution in [1.29, 1.82) is 5.26 Å². The van der Waals surface area contributed by atoms with Gasteiger partial charge in [0, 0.05) is 5.33 Å². The summed E-state index contributed by atoms with van der Waals surface area (Å²) in [6, 6.07) is 6.60. The van der Waals surface area contributed by atoms with Gasteiger partial charge >= 0.3 is 5.97 Å². The molecule has 66 valence electrons. The Kier molecular flexibility index (Phi) is 3.04. The Morgan fingerprint density at radius 2 is 2.31 bits per heavy atom. The van der Waals surface area contributed by atoms with Crippen molar-refractivity contribution in [3.63, 3.8) is 0 Å². The molecule has 0 atom stereocenters. The van der Waals surface area contributed by atoms with Crippen LogP contribution < -0.4 is 0 Å². The van der Waals surface area contributed by atoms with Gasteiger partial charge in [0.15, 0.2) is 0 Å². The van der Waals surface area contributed by atoms with E-state index < -0.39 is 5.97 Å². The molecule has 1 N–H and O–H groups in total. The van der Waals surface area contributed by atoms with Crippen molar-refractivity contribution in [2.45, 2.75) is 5.33 Å². The molecule has 0 saturated carbocycles. The van der Waals surface area contributed by atoms with Gasteiger partial charge in [0.2, 0.25) is 0 Å². The van der Waals surface area contributed by atoms with Gasteiger partial charge in [0.25, 0.3) is 0 Å². The van der Waals surface area contributed by atoms with E-state index in [4.69, 9.17) is 10.4 Å². The molecule has 13 heavy (non-hydrogen) atoms. The lowest BCUT2D eigenvalue weighted by Crippen LogP contribution is -2.02. The first-order chi connectivity index (χ1) is 6.20. The molecule has 0 aliphatic carbocycles. The molecule has 4 heteroatoms. The van der Waals surface area contributed by atoms with E-state index in [1.165, 1.54) is 6.07 Å². The molecule has 0 bridgehead atoms. The summed E-state index contributed by atoms with van der Waals surface area (Å²) in [5.74, 6) is -1.01. The Bertz CT molecular complexity index is 382. The van der Waals surface area contributed by atoms with Crippen LogP contribution in [0.25, 0.3) is 0 Å². The molecule has 0 aliphatic rings. The van der Waals surface area contributed by atoms with Crippen molar-refractivity contribution in [2.24, 2.45) is 0 Å². The smallest absolute Gasteiger partial charge is 0.336 e. The van der Waals surface area contributed by atoms with E-state index in [1.54, 1.807) is 12.1 Å². The van der Waals surface area contributed by atoms with Crippen LogP contribution in [0.3, 0.4) is 0 Å². The van der Waals surface area contributed by atoms with E-state index in [9.17, 15) is 4.79 Å². The minimum absolute atomic E-state index is 0.177. The highest BCUT2D eigenvalue weighted by Crippen LogP contribution is 2.17. The maximum atomic E-state index is 10.7. The summed E-state index contributed by atoms with van der Waals surface area (Å²) < 4.78 is 0. The molecule has 1 aromatic rings. The van der Waals surface area contributed by atoms with Crippen LogP contribution in [-0.4, -0.2) is 11.1 Å². The zero-order valence-corrected chi connectivity index (χ0v) is 8.21. The van der Waals surface area contributed by atoms with Gasteiger partial charge in [-0.1, -0.05) is 22.0 Å². The minimum atomic E-state index is -1.01. The first-order valence-corrected chi connectivity index (χ1v) is 4.64. The fourth-order valence-corrected chi connectivity index (χ4v) is 1.64. The molecule has 0 fully saturated rings. The zero-order valence-electron chi connectivity index (χ0n) is 6.62. The summed E-state index contributed by atoms with van der Waals surface area (Å²) in [5, 5.41) is 17.9. The third-order valence-corrected chi connectivity index (χ3v) is 2.22. The number of carboxylic acids is 1. The second kappa shape index (κ2) is 4.06. The fourth-order valence-electron chi connectivity index (χ4n) is 1.04. The number of rotatable bonds is 2. The topological polar surface area (TPSA) is 61.1 Å². The summed E-state index contributed by atoms with van der Waals surface area (Å²) in [5.41, 5.74) is 1.10. The Morgan fingerprint density at radius 3 is 2.77 bits per heavy atom. The van der Waals surface area contributed by atoms with Gasteiger partial charge in [-0.2, -0.15) is 5.26 Å². The van der Waals surface area contributed by atoms with Gasteiger partial charge in [-0.3, -0.25) is 0 Å². The van der Waals surface area contributed by atoms with E-state index >= 15 is 0 Å². The highest BCUT2D eigenvalue weighted by molar-refractivity contribution is 9.08. The number of carboxylic acid groups (broad SMARTS) is 1. The van der Waals surface area contributed by atoms with Crippen LogP contribution in [0.1, 0.15) is 21.5 Å². The quantitative estimate of drug-likeness (QED) is 0.805. The Labute approximate surface area is 83.7 Å². The van der Waals surface area contributed by atoms with Crippen LogP contribution in [0.15, 0.2) is 18.2 Å². The van der Waals surface area contributed by atoms with Gasteiger partial charge < -0.3 is 5.11 Å². The average Bonchev–Trinajstić information content (AvgIpc) is 2.16. The second-order valence-corrected chi connectivity index (χ2v) is 2.94. The number of carbonyl (C=O) groups is 1. The molecule has 1 aromatic carbocycles. The van der Waals surface area contributed by atoms with Crippen LogP contribution in [-0.2, 0) is 5.33 Å². The molecule has 0 unspecified atom stereocenters. The molecule has 0 amide bonds. The fraction of sp³-hybridized carbons (Fsp3) is 0.111. The van der Waals surface area contributed by atoms with Gasteiger partial charge in [0.1, 0.15) is 0 Å². The normalized spacial score (nSPS) is 9.23. The van der Waals surface area contributed by atoms with Crippen molar-refractivity contribution < 1.29 is 9.90 Å². The van der Waals surface area contributed by atoms with Crippen molar-refractivity contribution in [1.82, 2.24) is 0 Å². The molecule has 0 spiro atoms. The highest BCUT2D eigenvalue weighted by Gasteiger charge is 2.11. The van der Waals surface area contributed by atoms with Crippen molar-refractivity contribution in [2.75, 3.05) is 0 Å². The first kappa shape index (κ1) is 9.75. The molecule has 0 heterocycles. The number of aromatic carboxylic acids is 1. The monoisotopic (exact) mass is 239 g/mol. The lowest BCUT2D eigenvalue weighted by atomic mass is 10.0. The van der Waals surface area contributed by atoms with Crippen LogP contribution in [0.5, 0.6) is 0 Å². The van der Waals surface area contributed by atoms with Crippen LogP contribution >= 0.6 is 15.9 Å². The maximum absolute atomic E-state index is 10.7.